The van der Waals surface area contributed by atoms with Gasteiger partial charge >= 0.3 is 0 Å². The fourth-order valence-electron chi connectivity index (χ4n) is 1.84. The lowest BCUT2D eigenvalue weighted by Crippen LogP contribution is -2.26. The second-order valence-electron chi connectivity index (χ2n) is 3.85. The molecule has 1 rings (SSSR count). The maximum absolute atomic E-state index is 8.82. The van der Waals surface area contributed by atoms with E-state index in [-0.39, 0.29) is 19.1 Å². The number of ether oxygens (including phenoxy) is 1. The van der Waals surface area contributed by atoms with Crippen LogP contribution in [0.15, 0.2) is 18.2 Å². The molecular formula is C13H16N4O. The summed E-state index contributed by atoms with van der Waals surface area (Å²) in [6.07, 6.45) is 0. The normalized spacial score (nSPS) is 11.2. The maximum atomic E-state index is 8.82. The minimum absolute atomic E-state index is 0.139. The fourth-order valence-corrected chi connectivity index (χ4v) is 1.84. The van der Waals surface area contributed by atoms with E-state index in [1.807, 2.05) is 37.3 Å². The highest BCUT2D eigenvalue weighted by Gasteiger charge is 2.17. The molecule has 5 nitrogen and oxygen atoms in total. The van der Waals surface area contributed by atoms with Gasteiger partial charge in [0.1, 0.15) is 18.8 Å². The maximum Gasteiger partial charge on any atom is 0.125 e. The molecule has 94 valence electrons. The SMILES string of the molecule is COc1cccc(N(CC#N)CC#N)c1[C@H](C)N. The number of nitrogens with two attached hydrogens (primary N) is 1. The van der Waals surface area contributed by atoms with Gasteiger partial charge in [0.05, 0.1) is 19.2 Å². The van der Waals surface area contributed by atoms with Crippen LogP contribution in [-0.2, 0) is 0 Å². The van der Waals surface area contributed by atoms with Crippen molar-refractivity contribution in [1.29, 1.82) is 10.5 Å². The van der Waals surface area contributed by atoms with E-state index in [0.29, 0.717) is 5.75 Å². The molecule has 18 heavy (non-hydrogen) atoms. The van der Waals surface area contributed by atoms with Gasteiger partial charge in [0, 0.05) is 17.3 Å². The summed E-state index contributed by atoms with van der Waals surface area (Å²) in [4.78, 5) is 1.68. The highest BCUT2D eigenvalue weighted by molar-refractivity contribution is 5.61. The zero-order valence-electron chi connectivity index (χ0n) is 10.6. The van der Waals surface area contributed by atoms with Crippen LogP contribution in [0, 0.1) is 22.7 Å². The van der Waals surface area contributed by atoms with Crippen LogP contribution in [0.25, 0.3) is 0 Å². The largest absolute Gasteiger partial charge is 0.496 e. The van der Waals surface area contributed by atoms with Crippen molar-refractivity contribution in [2.45, 2.75) is 13.0 Å². The monoisotopic (exact) mass is 244 g/mol. The topological polar surface area (TPSA) is 86.1 Å². The molecule has 2 N–H and O–H groups in total. The first kappa shape index (κ1) is 13.8. The van der Waals surface area contributed by atoms with Crippen molar-refractivity contribution in [3.63, 3.8) is 0 Å². The van der Waals surface area contributed by atoms with E-state index < -0.39 is 0 Å². The van der Waals surface area contributed by atoms with Crippen molar-refractivity contribution in [3.8, 4) is 17.9 Å². The Bertz CT molecular complexity index is 469. The zero-order chi connectivity index (χ0) is 13.5. The number of hydrogen-bond acceptors (Lipinski definition) is 5. The van der Waals surface area contributed by atoms with Crippen LogP contribution in [0.3, 0.4) is 0 Å². The van der Waals surface area contributed by atoms with Gasteiger partial charge in [0.25, 0.3) is 0 Å². The lowest BCUT2D eigenvalue weighted by atomic mass is 10.0. The average Bonchev–Trinajstić information content (AvgIpc) is 2.37. The third kappa shape index (κ3) is 2.91. The van der Waals surface area contributed by atoms with Crippen molar-refractivity contribution in [2.75, 3.05) is 25.1 Å². The van der Waals surface area contributed by atoms with E-state index in [0.717, 1.165) is 11.3 Å². The Hall–Kier alpha value is -2.24. The molecule has 0 fully saturated rings. The highest BCUT2D eigenvalue weighted by atomic mass is 16.5. The third-order valence-corrected chi connectivity index (χ3v) is 2.58. The summed E-state index contributed by atoms with van der Waals surface area (Å²) in [5.74, 6) is 0.670. The molecule has 0 saturated carbocycles. The lowest BCUT2D eigenvalue weighted by Gasteiger charge is -2.24. The van der Waals surface area contributed by atoms with Gasteiger partial charge in [0.2, 0.25) is 0 Å². The quantitative estimate of drug-likeness (QED) is 0.794. The molecule has 0 aliphatic carbocycles. The van der Waals surface area contributed by atoms with E-state index in [1.54, 1.807) is 12.0 Å². The first-order valence-corrected chi connectivity index (χ1v) is 5.57. The average molecular weight is 244 g/mol. The fraction of sp³-hybridized carbons (Fsp3) is 0.385. The highest BCUT2D eigenvalue weighted by Crippen LogP contribution is 2.33. The molecule has 0 aliphatic rings. The molecule has 0 radical (unpaired) electrons. The van der Waals surface area contributed by atoms with Crippen LogP contribution in [0.2, 0.25) is 0 Å². The van der Waals surface area contributed by atoms with E-state index >= 15 is 0 Å². The van der Waals surface area contributed by atoms with Crippen LogP contribution in [0.5, 0.6) is 5.75 Å². The van der Waals surface area contributed by atoms with E-state index in [1.165, 1.54) is 0 Å². The summed E-state index contributed by atoms with van der Waals surface area (Å²) in [5, 5.41) is 17.6. The Labute approximate surface area is 107 Å². The van der Waals surface area contributed by atoms with Gasteiger partial charge in [-0.3, -0.25) is 0 Å². The minimum Gasteiger partial charge on any atom is -0.496 e. The van der Waals surface area contributed by atoms with Crippen molar-refractivity contribution in [2.24, 2.45) is 5.73 Å². The van der Waals surface area contributed by atoms with Crippen LogP contribution in [0.1, 0.15) is 18.5 Å². The van der Waals surface area contributed by atoms with Gasteiger partial charge < -0.3 is 15.4 Å². The molecule has 0 aliphatic heterocycles. The van der Waals surface area contributed by atoms with Crippen LogP contribution in [-0.4, -0.2) is 20.2 Å². The zero-order valence-corrected chi connectivity index (χ0v) is 10.6. The van der Waals surface area contributed by atoms with Gasteiger partial charge in [0.15, 0.2) is 0 Å². The van der Waals surface area contributed by atoms with Crippen molar-refractivity contribution >= 4 is 5.69 Å². The lowest BCUT2D eigenvalue weighted by molar-refractivity contribution is 0.407. The number of methoxy groups -OCH3 is 1. The van der Waals surface area contributed by atoms with Gasteiger partial charge in [-0.1, -0.05) is 6.07 Å². The summed E-state index contributed by atoms with van der Waals surface area (Å²) in [6.45, 7) is 2.12. The molecular weight excluding hydrogens is 228 g/mol. The van der Waals surface area contributed by atoms with Crippen LogP contribution in [0.4, 0.5) is 5.69 Å². The molecule has 0 unspecified atom stereocenters. The number of nitriles is 2. The Kier molecular flexibility index (Phi) is 4.98. The standard InChI is InChI=1S/C13H16N4O/c1-10(16)13-11(4-3-5-12(13)18-2)17(8-6-14)9-7-15/h3-5,10H,8-9,16H2,1-2H3/t10-/m0/s1. The van der Waals surface area contributed by atoms with Crippen LogP contribution < -0.4 is 15.4 Å². The number of benzene rings is 1. The summed E-state index contributed by atoms with van der Waals surface area (Å²) in [5.41, 5.74) is 7.53. The number of hydrogen-bond donors (Lipinski definition) is 1. The van der Waals surface area contributed by atoms with Gasteiger partial charge in [-0.15, -0.1) is 0 Å². The number of anilines is 1. The Balaban J connectivity index is 3.29. The van der Waals surface area contributed by atoms with Crippen molar-refractivity contribution in [3.05, 3.63) is 23.8 Å². The Morgan fingerprint density at radius 3 is 2.39 bits per heavy atom. The van der Waals surface area contributed by atoms with E-state index in [4.69, 9.17) is 21.0 Å². The molecule has 1 aromatic carbocycles. The van der Waals surface area contributed by atoms with Crippen molar-refractivity contribution < 1.29 is 4.74 Å². The molecule has 5 heteroatoms. The van der Waals surface area contributed by atoms with Gasteiger partial charge in [-0.05, 0) is 19.1 Å². The number of rotatable bonds is 5. The second kappa shape index (κ2) is 6.48. The smallest absolute Gasteiger partial charge is 0.125 e. The Morgan fingerprint density at radius 2 is 1.94 bits per heavy atom. The molecule has 0 spiro atoms. The predicted octanol–water partition coefficient (Wildman–Crippen LogP) is 1.57. The van der Waals surface area contributed by atoms with Gasteiger partial charge in [-0.25, -0.2) is 0 Å². The third-order valence-electron chi connectivity index (χ3n) is 2.58. The number of nitrogens with zero attached hydrogens (tertiary/aromatic N) is 3. The molecule has 0 aromatic heterocycles. The molecule has 0 saturated heterocycles. The summed E-state index contributed by atoms with van der Waals surface area (Å²) in [6, 6.07) is 9.34. The molecule has 1 aromatic rings. The molecule has 0 amide bonds. The summed E-state index contributed by atoms with van der Waals surface area (Å²) in [7, 11) is 1.57. The first-order valence-electron chi connectivity index (χ1n) is 5.57. The van der Waals surface area contributed by atoms with E-state index in [2.05, 4.69) is 0 Å². The first-order chi connectivity index (χ1) is 8.65. The van der Waals surface area contributed by atoms with Crippen LogP contribution >= 0.6 is 0 Å². The molecule has 0 bridgehead atoms. The van der Waals surface area contributed by atoms with E-state index in [9.17, 15) is 0 Å². The summed E-state index contributed by atoms with van der Waals surface area (Å²) < 4.78 is 5.28. The van der Waals surface area contributed by atoms with Gasteiger partial charge in [-0.2, -0.15) is 10.5 Å². The van der Waals surface area contributed by atoms with Crippen molar-refractivity contribution in [1.82, 2.24) is 0 Å². The predicted molar refractivity (Wildman–Crippen MR) is 69.0 cm³/mol. The molecule has 1 atom stereocenters. The second-order valence-corrected chi connectivity index (χ2v) is 3.85. The summed E-state index contributed by atoms with van der Waals surface area (Å²) >= 11 is 0. The Morgan fingerprint density at radius 1 is 1.33 bits per heavy atom. The minimum atomic E-state index is -0.240. The molecule has 0 heterocycles.